The van der Waals surface area contributed by atoms with Gasteiger partial charge in [-0.1, -0.05) is 30.3 Å². The van der Waals surface area contributed by atoms with Crippen molar-refractivity contribution in [3.05, 3.63) is 41.3 Å². The molecule has 0 unspecified atom stereocenters. The summed E-state index contributed by atoms with van der Waals surface area (Å²) in [6.45, 7) is 2.01. The second-order valence-corrected chi connectivity index (χ2v) is 6.98. The molecule has 8 heteroatoms. The third kappa shape index (κ3) is 4.76. The van der Waals surface area contributed by atoms with E-state index in [-0.39, 0.29) is 12.2 Å². The van der Waals surface area contributed by atoms with Crippen molar-refractivity contribution < 1.29 is 28.6 Å². The van der Waals surface area contributed by atoms with Crippen LogP contribution < -0.4 is 5.32 Å². The summed E-state index contributed by atoms with van der Waals surface area (Å²) in [5.41, 5.74) is 1.81. The molecular weight excluding hydrogens is 382 g/mol. The fourth-order valence-corrected chi connectivity index (χ4v) is 3.82. The number of esters is 2. The maximum absolute atomic E-state index is 12.5. The lowest BCUT2D eigenvalue weighted by Gasteiger charge is -2.11. The smallest absolute Gasteiger partial charge is 0.341 e. The van der Waals surface area contributed by atoms with Crippen molar-refractivity contribution in [2.24, 2.45) is 0 Å². The second kappa shape index (κ2) is 9.48. The van der Waals surface area contributed by atoms with E-state index < -0.39 is 30.6 Å². The Labute approximate surface area is 166 Å². The minimum atomic E-state index is -0.602. The standard InChI is InChI=1S/C20H21NO6S/c1-2-25-20(24)17-14(13-7-4-3-5-8-13)12-28-18(17)21-16(22)11-27-19(23)15-9-6-10-26-15/h3-5,7-8,12,15H,2,6,9-11H2,1H3,(H,21,22)/t15-/m1/s1. The predicted molar refractivity (Wildman–Crippen MR) is 104 cm³/mol. The Bertz CT molecular complexity index is 842. The molecule has 0 aliphatic carbocycles. The van der Waals surface area contributed by atoms with Gasteiger partial charge in [-0.25, -0.2) is 9.59 Å². The third-order valence-corrected chi connectivity index (χ3v) is 5.04. The lowest BCUT2D eigenvalue weighted by Crippen LogP contribution is -2.27. The number of nitrogens with one attached hydrogen (secondary N) is 1. The Morgan fingerprint density at radius 1 is 1.21 bits per heavy atom. The van der Waals surface area contributed by atoms with Crippen LogP contribution in [0.15, 0.2) is 35.7 Å². The van der Waals surface area contributed by atoms with Crippen LogP contribution in [0.3, 0.4) is 0 Å². The van der Waals surface area contributed by atoms with Crippen LogP contribution in [0.4, 0.5) is 5.00 Å². The zero-order chi connectivity index (χ0) is 19.9. The van der Waals surface area contributed by atoms with E-state index in [9.17, 15) is 14.4 Å². The van der Waals surface area contributed by atoms with Crippen LogP contribution in [-0.2, 0) is 23.8 Å². The van der Waals surface area contributed by atoms with Crippen LogP contribution in [-0.4, -0.2) is 43.8 Å². The number of hydrogen-bond acceptors (Lipinski definition) is 7. The summed E-state index contributed by atoms with van der Waals surface area (Å²) in [6, 6.07) is 9.36. The number of rotatable bonds is 7. The van der Waals surface area contributed by atoms with Gasteiger partial charge in [0.25, 0.3) is 5.91 Å². The highest BCUT2D eigenvalue weighted by Gasteiger charge is 2.26. The molecular formula is C20H21NO6S. The van der Waals surface area contributed by atoms with Gasteiger partial charge in [0.2, 0.25) is 0 Å². The van der Waals surface area contributed by atoms with Crippen LogP contribution in [0.1, 0.15) is 30.1 Å². The number of carbonyl (C=O) groups excluding carboxylic acids is 3. The Morgan fingerprint density at radius 3 is 2.68 bits per heavy atom. The quantitative estimate of drug-likeness (QED) is 0.714. The zero-order valence-corrected chi connectivity index (χ0v) is 16.3. The first-order valence-corrected chi connectivity index (χ1v) is 9.90. The molecule has 28 heavy (non-hydrogen) atoms. The van der Waals surface area contributed by atoms with Crippen LogP contribution in [0.25, 0.3) is 11.1 Å². The fraction of sp³-hybridized carbons (Fsp3) is 0.350. The van der Waals surface area contributed by atoms with Crippen molar-refractivity contribution in [3.8, 4) is 11.1 Å². The first kappa shape index (κ1) is 20.0. The van der Waals surface area contributed by atoms with Crippen LogP contribution in [0, 0.1) is 0 Å². The van der Waals surface area contributed by atoms with Crippen molar-refractivity contribution in [3.63, 3.8) is 0 Å². The maximum atomic E-state index is 12.5. The normalized spacial score (nSPS) is 15.8. The van der Waals surface area contributed by atoms with Crippen LogP contribution in [0.5, 0.6) is 0 Å². The predicted octanol–water partition coefficient (Wildman–Crippen LogP) is 3.25. The molecule has 1 aromatic heterocycles. The van der Waals surface area contributed by atoms with Gasteiger partial charge in [-0.2, -0.15) is 0 Å². The number of carbonyl (C=O) groups is 3. The van der Waals surface area contributed by atoms with E-state index >= 15 is 0 Å². The number of anilines is 1. The molecule has 2 aromatic rings. The van der Waals surface area contributed by atoms with Gasteiger partial charge in [-0.05, 0) is 25.3 Å². The monoisotopic (exact) mass is 403 g/mol. The van der Waals surface area contributed by atoms with Gasteiger partial charge in [0.05, 0.1) is 6.61 Å². The van der Waals surface area contributed by atoms with Gasteiger partial charge < -0.3 is 19.5 Å². The van der Waals surface area contributed by atoms with E-state index in [4.69, 9.17) is 14.2 Å². The molecule has 0 saturated carbocycles. The molecule has 0 spiro atoms. The summed E-state index contributed by atoms with van der Waals surface area (Å²) >= 11 is 1.22. The summed E-state index contributed by atoms with van der Waals surface area (Å²) in [5, 5.41) is 4.79. The van der Waals surface area contributed by atoms with E-state index in [1.54, 1.807) is 12.3 Å². The van der Waals surface area contributed by atoms with Gasteiger partial charge in [-0.3, -0.25) is 4.79 Å². The van der Waals surface area contributed by atoms with Crippen molar-refractivity contribution in [1.82, 2.24) is 0 Å². The number of hydrogen-bond donors (Lipinski definition) is 1. The molecule has 1 N–H and O–H groups in total. The maximum Gasteiger partial charge on any atom is 0.341 e. The molecule has 148 valence electrons. The minimum Gasteiger partial charge on any atom is -0.462 e. The molecule has 1 aliphatic rings. The van der Waals surface area contributed by atoms with Crippen LogP contribution in [0.2, 0.25) is 0 Å². The summed E-state index contributed by atoms with van der Waals surface area (Å²) in [7, 11) is 0. The Kier molecular flexibility index (Phi) is 6.78. The third-order valence-electron chi connectivity index (χ3n) is 4.15. The molecule has 7 nitrogen and oxygen atoms in total. The highest BCUT2D eigenvalue weighted by Crippen LogP contribution is 2.36. The Hall–Kier alpha value is -2.71. The average Bonchev–Trinajstić information content (AvgIpc) is 3.37. The van der Waals surface area contributed by atoms with E-state index in [1.807, 2.05) is 30.3 Å². The molecule has 1 atom stereocenters. The highest BCUT2D eigenvalue weighted by atomic mass is 32.1. The topological polar surface area (TPSA) is 90.9 Å². The molecule has 0 bridgehead atoms. The van der Waals surface area contributed by atoms with Gasteiger partial charge in [0.15, 0.2) is 12.7 Å². The lowest BCUT2D eigenvalue weighted by molar-refractivity contribution is -0.156. The average molecular weight is 403 g/mol. The molecule has 1 amide bonds. The minimum absolute atomic E-state index is 0.218. The summed E-state index contributed by atoms with van der Waals surface area (Å²) in [5.74, 6) is -1.60. The number of amides is 1. The molecule has 1 saturated heterocycles. The Balaban J connectivity index is 1.72. The Morgan fingerprint density at radius 2 is 2.00 bits per heavy atom. The van der Waals surface area contributed by atoms with E-state index in [2.05, 4.69) is 5.32 Å². The molecule has 1 aromatic carbocycles. The van der Waals surface area contributed by atoms with Crippen molar-refractivity contribution >= 4 is 34.2 Å². The van der Waals surface area contributed by atoms with Crippen molar-refractivity contribution in [2.75, 3.05) is 25.1 Å². The molecule has 2 heterocycles. The summed E-state index contributed by atoms with van der Waals surface area (Å²) in [6.07, 6.45) is 0.792. The first-order valence-electron chi connectivity index (χ1n) is 9.02. The number of benzene rings is 1. The summed E-state index contributed by atoms with van der Waals surface area (Å²) < 4.78 is 15.4. The van der Waals surface area contributed by atoms with Crippen molar-refractivity contribution in [2.45, 2.75) is 25.9 Å². The van der Waals surface area contributed by atoms with Gasteiger partial charge in [0, 0.05) is 17.6 Å². The SMILES string of the molecule is CCOC(=O)c1c(-c2ccccc2)csc1NC(=O)COC(=O)[C@H]1CCCO1. The van der Waals surface area contributed by atoms with Crippen molar-refractivity contribution in [1.29, 1.82) is 0 Å². The molecule has 0 radical (unpaired) electrons. The van der Waals surface area contributed by atoms with Gasteiger partial charge in [0.1, 0.15) is 10.6 Å². The van der Waals surface area contributed by atoms with Crippen LogP contribution >= 0.6 is 11.3 Å². The summed E-state index contributed by atoms with van der Waals surface area (Å²) in [4.78, 5) is 36.6. The van der Waals surface area contributed by atoms with E-state index in [1.165, 1.54) is 11.3 Å². The largest absolute Gasteiger partial charge is 0.462 e. The van der Waals surface area contributed by atoms with Gasteiger partial charge >= 0.3 is 11.9 Å². The molecule has 1 aliphatic heterocycles. The molecule has 3 rings (SSSR count). The highest BCUT2D eigenvalue weighted by molar-refractivity contribution is 7.15. The van der Waals surface area contributed by atoms with E-state index in [0.717, 1.165) is 12.0 Å². The number of thiophene rings is 1. The second-order valence-electron chi connectivity index (χ2n) is 6.10. The molecule has 1 fully saturated rings. The first-order chi connectivity index (χ1) is 13.6. The number of ether oxygens (including phenoxy) is 3. The van der Waals surface area contributed by atoms with Gasteiger partial charge in [-0.15, -0.1) is 11.3 Å². The fourth-order valence-electron chi connectivity index (χ4n) is 2.84. The lowest BCUT2D eigenvalue weighted by atomic mass is 10.0. The van der Waals surface area contributed by atoms with E-state index in [0.29, 0.717) is 23.6 Å². The zero-order valence-electron chi connectivity index (χ0n) is 15.4.